The Labute approximate surface area is 151 Å². The van der Waals surface area contributed by atoms with Crippen molar-refractivity contribution in [3.05, 3.63) is 76.7 Å². The van der Waals surface area contributed by atoms with E-state index in [-0.39, 0.29) is 0 Å². The number of aliphatic hydroxyl groups excluding tert-OH is 1. The van der Waals surface area contributed by atoms with Gasteiger partial charge in [0.05, 0.1) is 29.5 Å². The maximum Gasteiger partial charge on any atom is 0.147 e. The van der Waals surface area contributed by atoms with Crippen LogP contribution in [0.25, 0.3) is 0 Å². The van der Waals surface area contributed by atoms with Gasteiger partial charge in [-0.2, -0.15) is 5.10 Å². The Morgan fingerprint density at radius 1 is 1.12 bits per heavy atom. The zero-order valence-corrected chi connectivity index (χ0v) is 14.5. The molecule has 0 aliphatic carbocycles. The molecule has 2 aromatic heterocycles. The highest BCUT2D eigenvalue weighted by Crippen LogP contribution is 2.27. The van der Waals surface area contributed by atoms with Crippen LogP contribution in [0, 0.1) is 0 Å². The van der Waals surface area contributed by atoms with Crippen LogP contribution in [0.5, 0.6) is 0 Å². The van der Waals surface area contributed by atoms with Gasteiger partial charge in [-0.3, -0.25) is 4.68 Å². The molecule has 1 aliphatic rings. The van der Waals surface area contributed by atoms with Crippen LogP contribution in [0.15, 0.2) is 54.7 Å². The summed E-state index contributed by atoms with van der Waals surface area (Å²) in [5.74, 6) is 0.794. The van der Waals surface area contributed by atoms with Crippen molar-refractivity contribution in [3.8, 4) is 0 Å². The lowest BCUT2D eigenvalue weighted by Gasteiger charge is -2.29. The van der Waals surface area contributed by atoms with Gasteiger partial charge in [0.25, 0.3) is 0 Å². The highest BCUT2D eigenvalue weighted by Gasteiger charge is 2.23. The third kappa shape index (κ3) is 3.38. The second kappa shape index (κ2) is 6.86. The van der Waals surface area contributed by atoms with E-state index in [1.165, 1.54) is 0 Å². The van der Waals surface area contributed by atoms with Crippen molar-refractivity contribution in [3.63, 3.8) is 0 Å². The molecular weight excluding hydrogens is 336 g/mol. The summed E-state index contributed by atoms with van der Waals surface area (Å²) in [4.78, 5) is 6.53. The molecule has 128 valence electrons. The van der Waals surface area contributed by atoms with E-state index in [0.29, 0.717) is 23.7 Å². The van der Waals surface area contributed by atoms with Crippen LogP contribution in [0.2, 0.25) is 5.02 Å². The summed E-state index contributed by atoms with van der Waals surface area (Å²) in [5, 5.41) is 15.8. The zero-order chi connectivity index (χ0) is 17.2. The fourth-order valence-electron chi connectivity index (χ4n) is 3.18. The molecule has 0 unspecified atom stereocenters. The first-order chi connectivity index (χ1) is 12.2. The van der Waals surface area contributed by atoms with Crippen molar-refractivity contribution in [2.45, 2.75) is 25.6 Å². The Morgan fingerprint density at radius 3 is 2.76 bits per heavy atom. The maximum absolute atomic E-state index is 10.5. The number of rotatable bonds is 4. The molecule has 0 saturated heterocycles. The Bertz CT molecular complexity index is 865. The topological polar surface area (TPSA) is 54.2 Å². The maximum atomic E-state index is 10.5. The molecular formula is C19H19ClN4O. The SMILES string of the molecule is O[C@@H](Cc1ccccc1)c1cc2n(n1)CCN(c1ncccc1Cl)C2. The zero-order valence-electron chi connectivity index (χ0n) is 13.7. The fraction of sp³-hybridized carbons (Fsp3) is 0.263. The van der Waals surface area contributed by atoms with Crippen LogP contribution in [0.1, 0.15) is 23.1 Å². The average molecular weight is 355 g/mol. The number of halogens is 1. The van der Waals surface area contributed by atoms with E-state index in [4.69, 9.17) is 11.6 Å². The van der Waals surface area contributed by atoms with Crippen LogP contribution in [-0.4, -0.2) is 26.4 Å². The third-order valence-corrected chi connectivity index (χ3v) is 4.76. The van der Waals surface area contributed by atoms with Crippen molar-refractivity contribution < 1.29 is 5.11 Å². The number of pyridine rings is 1. The molecule has 0 radical (unpaired) electrons. The number of anilines is 1. The highest BCUT2D eigenvalue weighted by molar-refractivity contribution is 6.32. The third-order valence-electron chi connectivity index (χ3n) is 4.47. The molecule has 0 spiro atoms. The number of hydrogen-bond donors (Lipinski definition) is 1. The van der Waals surface area contributed by atoms with E-state index in [9.17, 15) is 5.11 Å². The number of nitrogens with zero attached hydrogens (tertiary/aromatic N) is 4. The van der Waals surface area contributed by atoms with Gasteiger partial charge < -0.3 is 10.0 Å². The molecule has 5 nitrogen and oxygen atoms in total. The lowest BCUT2D eigenvalue weighted by atomic mass is 10.1. The van der Waals surface area contributed by atoms with Gasteiger partial charge in [-0.15, -0.1) is 0 Å². The number of aromatic nitrogens is 3. The number of fused-ring (bicyclic) bond motifs is 1. The normalized spacial score (nSPS) is 15.0. The summed E-state index contributed by atoms with van der Waals surface area (Å²) >= 11 is 6.26. The largest absolute Gasteiger partial charge is 0.386 e. The smallest absolute Gasteiger partial charge is 0.147 e. The van der Waals surface area contributed by atoms with Crippen molar-refractivity contribution >= 4 is 17.4 Å². The first-order valence-electron chi connectivity index (χ1n) is 8.35. The highest BCUT2D eigenvalue weighted by atomic mass is 35.5. The van der Waals surface area contributed by atoms with Crippen LogP contribution in [0.3, 0.4) is 0 Å². The van der Waals surface area contributed by atoms with E-state index in [1.54, 1.807) is 6.20 Å². The van der Waals surface area contributed by atoms with Crippen molar-refractivity contribution in [2.24, 2.45) is 0 Å². The number of hydrogen-bond acceptors (Lipinski definition) is 4. The molecule has 1 aliphatic heterocycles. The molecule has 3 heterocycles. The van der Waals surface area contributed by atoms with Gasteiger partial charge >= 0.3 is 0 Å². The molecule has 4 rings (SSSR count). The summed E-state index contributed by atoms with van der Waals surface area (Å²) in [6, 6.07) is 15.6. The minimum Gasteiger partial charge on any atom is -0.386 e. The molecule has 25 heavy (non-hydrogen) atoms. The standard InChI is InChI=1S/C19H19ClN4O/c20-16-7-4-8-21-19(16)23-9-10-24-15(13-23)12-17(22-24)18(25)11-14-5-2-1-3-6-14/h1-8,12,18,25H,9-11,13H2/t18-/m0/s1. The first kappa shape index (κ1) is 16.1. The molecule has 6 heteroatoms. The molecule has 0 amide bonds. The first-order valence-corrected chi connectivity index (χ1v) is 8.72. The summed E-state index contributed by atoms with van der Waals surface area (Å²) in [5.41, 5.74) is 2.88. The molecule has 1 N–H and O–H groups in total. The van der Waals surface area contributed by atoms with Gasteiger partial charge in [0.2, 0.25) is 0 Å². The summed E-state index contributed by atoms with van der Waals surface area (Å²) in [7, 11) is 0. The second-order valence-electron chi connectivity index (χ2n) is 6.22. The summed E-state index contributed by atoms with van der Waals surface area (Å²) in [6.45, 7) is 2.22. The minimum absolute atomic E-state index is 0.563. The molecule has 0 bridgehead atoms. The van der Waals surface area contributed by atoms with Crippen molar-refractivity contribution in [2.75, 3.05) is 11.4 Å². The van der Waals surface area contributed by atoms with Gasteiger partial charge in [-0.1, -0.05) is 41.9 Å². The van der Waals surface area contributed by atoms with Gasteiger partial charge in [0.15, 0.2) is 0 Å². The molecule has 1 aromatic carbocycles. The van der Waals surface area contributed by atoms with E-state index in [1.807, 2.05) is 53.2 Å². The van der Waals surface area contributed by atoms with Crippen LogP contribution in [-0.2, 0) is 19.5 Å². The van der Waals surface area contributed by atoms with Gasteiger partial charge in [-0.25, -0.2) is 4.98 Å². The van der Waals surface area contributed by atoms with E-state index < -0.39 is 6.10 Å². The fourth-order valence-corrected chi connectivity index (χ4v) is 3.43. The van der Waals surface area contributed by atoms with Crippen LogP contribution in [0.4, 0.5) is 5.82 Å². The van der Waals surface area contributed by atoms with Gasteiger partial charge in [0.1, 0.15) is 11.9 Å². The number of aliphatic hydroxyl groups is 1. The Kier molecular flexibility index (Phi) is 4.42. The summed E-state index contributed by atoms with van der Waals surface area (Å²) < 4.78 is 1.97. The van der Waals surface area contributed by atoms with E-state index in [0.717, 1.165) is 30.2 Å². The molecule has 3 aromatic rings. The minimum atomic E-state index is -0.604. The second-order valence-corrected chi connectivity index (χ2v) is 6.63. The van der Waals surface area contributed by atoms with Crippen LogP contribution < -0.4 is 4.90 Å². The van der Waals surface area contributed by atoms with Crippen LogP contribution >= 0.6 is 11.6 Å². The van der Waals surface area contributed by atoms with E-state index in [2.05, 4.69) is 15.0 Å². The Hall–Kier alpha value is -2.37. The lowest BCUT2D eigenvalue weighted by Crippen LogP contribution is -2.34. The molecule has 1 atom stereocenters. The Morgan fingerprint density at radius 2 is 1.96 bits per heavy atom. The van der Waals surface area contributed by atoms with E-state index >= 15 is 0 Å². The lowest BCUT2D eigenvalue weighted by molar-refractivity contribution is 0.172. The predicted molar refractivity (Wildman–Crippen MR) is 97.6 cm³/mol. The van der Waals surface area contributed by atoms with Crippen molar-refractivity contribution in [1.29, 1.82) is 0 Å². The molecule has 0 fully saturated rings. The quantitative estimate of drug-likeness (QED) is 0.781. The summed E-state index contributed by atoms with van der Waals surface area (Å²) in [6.07, 6.45) is 1.71. The van der Waals surface area contributed by atoms with Gasteiger partial charge in [-0.05, 0) is 23.8 Å². The average Bonchev–Trinajstić information content (AvgIpc) is 3.06. The number of benzene rings is 1. The monoisotopic (exact) mass is 354 g/mol. The predicted octanol–water partition coefficient (Wildman–Crippen LogP) is 3.23. The van der Waals surface area contributed by atoms with Gasteiger partial charge in [0, 0.05) is 19.2 Å². The Balaban J connectivity index is 1.52. The molecule has 0 saturated carbocycles. The van der Waals surface area contributed by atoms with Crippen molar-refractivity contribution in [1.82, 2.24) is 14.8 Å².